The van der Waals surface area contributed by atoms with Crippen molar-refractivity contribution in [1.82, 2.24) is 5.32 Å². The highest BCUT2D eigenvalue weighted by Crippen LogP contribution is 2.21. The van der Waals surface area contributed by atoms with Crippen LogP contribution in [0.3, 0.4) is 0 Å². The first kappa shape index (κ1) is 15.8. The van der Waals surface area contributed by atoms with E-state index in [1.807, 2.05) is 12.1 Å². The molecule has 0 aliphatic carbocycles. The second-order valence-electron chi connectivity index (χ2n) is 5.52. The van der Waals surface area contributed by atoms with Crippen molar-refractivity contribution in [1.29, 1.82) is 0 Å². The Balaban J connectivity index is 1.92. The minimum atomic E-state index is -2.84. The standard InChI is InChI=1S/C15H22ClNO2S/c1-2-12(13-5-7-14(16)8-6-13)10-17-15-4-3-9-20(18,19)11-15/h5-8,12,15,17H,2-4,9-11H2,1H3/t12-,15-/m0/s1. The van der Waals surface area contributed by atoms with Crippen LogP contribution in [0.4, 0.5) is 0 Å². The third kappa shape index (κ3) is 4.47. The number of halogens is 1. The van der Waals surface area contributed by atoms with Gasteiger partial charge in [0, 0.05) is 17.6 Å². The highest BCUT2D eigenvalue weighted by atomic mass is 35.5. The van der Waals surface area contributed by atoms with Gasteiger partial charge in [0.2, 0.25) is 0 Å². The zero-order valence-corrected chi connectivity index (χ0v) is 13.4. The van der Waals surface area contributed by atoms with Crippen molar-refractivity contribution in [3.05, 3.63) is 34.9 Å². The maximum atomic E-state index is 11.6. The lowest BCUT2D eigenvalue weighted by Crippen LogP contribution is -2.41. The topological polar surface area (TPSA) is 46.2 Å². The minimum absolute atomic E-state index is 0.107. The van der Waals surface area contributed by atoms with E-state index in [0.29, 0.717) is 11.7 Å². The molecule has 0 radical (unpaired) electrons. The van der Waals surface area contributed by atoms with Gasteiger partial charge in [-0.15, -0.1) is 0 Å². The quantitative estimate of drug-likeness (QED) is 0.908. The molecule has 1 aliphatic heterocycles. The number of benzene rings is 1. The van der Waals surface area contributed by atoms with Crippen molar-refractivity contribution < 1.29 is 8.42 Å². The van der Waals surface area contributed by atoms with Gasteiger partial charge < -0.3 is 5.32 Å². The molecule has 0 spiro atoms. The lowest BCUT2D eigenvalue weighted by molar-refractivity contribution is 0.455. The molecular weight excluding hydrogens is 294 g/mol. The summed E-state index contributed by atoms with van der Waals surface area (Å²) in [5.74, 6) is 1.03. The summed E-state index contributed by atoms with van der Waals surface area (Å²) < 4.78 is 23.3. The molecule has 1 aromatic carbocycles. The van der Waals surface area contributed by atoms with Gasteiger partial charge in [-0.05, 0) is 42.9 Å². The molecule has 1 N–H and O–H groups in total. The van der Waals surface area contributed by atoms with Crippen LogP contribution in [0, 0.1) is 0 Å². The van der Waals surface area contributed by atoms with Gasteiger partial charge >= 0.3 is 0 Å². The first-order valence-electron chi connectivity index (χ1n) is 7.19. The van der Waals surface area contributed by atoms with Gasteiger partial charge in [-0.1, -0.05) is 30.7 Å². The molecule has 112 valence electrons. The van der Waals surface area contributed by atoms with Crippen molar-refractivity contribution >= 4 is 21.4 Å². The van der Waals surface area contributed by atoms with E-state index in [9.17, 15) is 8.42 Å². The van der Waals surface area contributed by atoms with Gasteiger partial charge in [0.1, 0.15) is 0 Å². The maximum absolute atomic E-state index is 11.6. The summed E-state index contributed by atoms with van der Waals surface area (Å²) in [6, 6.07) is 8.02. The monoisotopic (exact) mass is 315 g/mol. The number of hydrogen-bond donors (Lipinski definition) is 1. The van der Waals surface area contributed by atoms with E-state index in [1.54, 1.807) is 0 Å². The smallest absolute Gasteiger partial charge is 0.151 e. The summed E-state index contributed by atoms with van der Waals surface area (Å²) in [5, 5.41) is 4.17. The molecule has 20 heavy (non-hydrogen) atoms. The van der Waals surface area contributed by atoms with Crippen molar-refractivity contribution in [2.24, 2.45) is 0 Å². The number of hydrogen-bond acceptors (Lipinski definition) is 3. The molecule has 0 amide bonds. The largest absolute Gasteiger partial charge is 0.312 e. The summed E-state index contributed by atoms with van der Waals surface area (Å²) in [5.41, 5.74) is 1.25. The molecule has 2 rings (SSSR count). The number of nitrogens with one attached hydrogen (secondary N) is 1. The summed E-state index contributed by atoms with van der Waals surface area (Å²) in [6.45, 7) is 2.97. The summed E-state index contributed by atoms with van der Waals surface area (Å²) in [4.78, 5) is 0. The molecule has 0 unspecified atom stereocenters. The van der Waals surface area contributed by atoms with Crippen LogP contribution in [0.2, 0.25) is 5.02 Å². The molecule has 1 aliphatic rings. The lowest BCUT2D eigenvalue weighted by atomic mass is 9.96. The highest BCUT2D eigenvalue weighted by Gasteiger charge is 2.24. The van der Waals surface area contributed by atoms with Crippen LogP contribution < -0.4 is 5.32 Å². The fourth-order valence-corrected chi connectivity index (χ4v) is 4.52. The molecule has 1 fully saturated rings. The Hall–Kier alpha value is -0.580. The summed E-state index contributed by atoms with van der Waals surface area (Å²) in [7, 11) is -2.84. The minimum Gasteiger partial charge on any atom is -0.312 e. The van der Waals surface area contributed by atoms with E-state index in [1.165, 1.54) is 5.56 Å². The van der Waals surface area contributed by atoms with Crippen LogP contribution in [-0.4, -0.2) is 32.5 Å². The molecule has 0 aromatic heterocycles. The Morgan fingerprint density at radius 2 is 2.05 bits per heavy atom. The van der Waals surface area contributed by atoms with E-state index < -0.39 is 9.84 Å². The molecule has 1 saturated heterocycles. The molecule has 2 atom stereocenters. The van der Waals surface area contributed by atoms with Gasteiger partial charge in [0.05, 0.1) is 11.5 Å². The molecule has 5 heteroatoms. The second-order valence-corrected chi connectivity index (χ2v) is 8.18. The molecule has 3 nitrogen and oxygen atoms in total. The average molecular weight is 316 g/mol. The fraction of sp³-hybridized carbons (Fsp3) is 0.600. The van der Waals surface area contributed by atoms with E-state index in [2.05, 4.69) is 24.4 Å². The van der Waals surface area contributed by atoms with Gasteiger partial charge in [-0.2, -0.15) is 0 Å². The van der Waals surface area contributed by atoms with Gasteiger partial charge in [-0.3, -0.25) is 0 Å². The predicted octanol–water partition coefficient (Wildman–Crippen LogP) is 3.00. The van der Waals surface area contributed by atoms with Gasteiger partial charge in [-0.25, -0.2) is 8.42 Å². The van der Waals surface area contributed by atoms with Crippen LogP contribution in [0.1, 0.15) is 37.7 Å². The predicted molar refractivity (Wildman–Crippen MR) is 84.2 cm³/mol. The molecule has 0 bridgehead atoms. The van der Waals surface area contributed by atoms with E-state index in [0.717, 1.165) is 30.8 Å². The Morgan fingerprint density at radius 1 is 1.35 bits per heavy atom. The summed E-state index contributed by atoms with van der Waals surface area (Å²) in [6.07, 6.45) is 2.75. The fourth-order valence-electron chi connectivity index (χ4n) is 2.73. The SMILES string of the molecule is CC[C@@H](CN[C@H]1CCCS(=O)(=O)C1)c1ccc(Cl)cc1. The van der Waals surface area contributed by atoms with Crippen LogP contribution in [-0.2, 0) is 9.84 Å². The normalized spacial score (nSPS) is 23.4. The first-order chi connectivity index (χ1) is 9.50. The molecule has 1 aromatic rings. The summed E-state index contributed by atoms with van der Waals surface area (Å²) >= 11 is 5.91. The number of rotatable bonds is 5. The Bertz CT molecular complexity index is 527. The van der Waals surface area contributed by atoms with Gasteiger partial charge in [0.25, 0.3) is 0 Å². The second kappa shape index (κ2) is 6.92. The lowest BCUT2D eigenvalue weighted by Gasteiger charge is -2.25. The zero-order valence-electron chi connectivity index (χ0n) is 11.8. The molecular formula is C15H22ClNO2S. The Labute approximate surface area is 126 Å². The third-order valence-electron chi connectivity index (χ3n) is 3.95. The molecule has 0 saturated carbocycles. The van der Waals surface area contributed by atoms with E-state index in [4.69, 9.17) is 11.6 Å². The molecule has 1 heterocycles. The maximum Gasteiger partial charge on any atom is 0.151 e. The third-order valence-corrected chi connectivity index (χ3v) is 6.02. The van der Waals surface area contributed by atoms with Crippen LogP contribution in [0.25, 0.3) is 0 Å². The van der Waals surface area contributed by atoms with E-state index in [-0.39, 0.29) is 11.8 Å². The van der Waals surface area contributed by atoms with Crippen molar-refractivity contribution in [3.63, 3.8) is 0 Å². The first-order valence-corrected chi connectivity index (χ1v) is 9.39. The zero-order chi connectivity index (χ0) is 14.6. The van der Waals surface area contributed by atoms with Crippen LogP contribution in [0.15, 0.2) is 24.3 Å². The van der Waals surface area contributed by atoms with Crippen molar-refractivity contribution in [2.75, 3.05) is 18.1 Å². The Kier molecular flexibility index (Phi) is 5.47. The van der Waals surface area contributed by atoms with Crippen molar-refractivity contribution in [2.45, 2.75) is 38.1 Å². The highest BCUT2D eigenvalue weighted by molar-refractivity contribution is 7.91. The average Bonchev–Trinajstić information content (AvgIpc) is 2.40. The number of sulfone groups is 1. The van der Waals surface area contributed by atoms with Crippen LogP contribution in [0.5, 0.6) is 0 Å². The van der Waals surface area contributed by atoms with E-state index >= 15 is 0 Å². The van der Waals surface area contributed by atoms with Gasteiger partial charge in [0.15, 0.2) is 9.84 Å². The van der Waals surface area contributed by atoms with Crippen molar-refractivity contribution in [3.8, 4) is 0 Å². The Morgan fingerprint density at radius 3 is 2.65 bits per heavy atom. The van der Waals surface area contributed by atoms with Crippen LogP contribution >= 0.6 is 11.6 Å².